The molecule has 2 unspecified atom stereocenters. The summed E-state index contributed by atoms with van der Waals surface area (Å²) >= 11 is 0. The van der Waals surface area contributed by atoms with Gasteiger partial charge < -0.3 is 16.0 Å². The van der Waals surface area contributed by atoms with Gasteiger partial charge in [0, 0.05) is 25.0 Å². The van der Waals surface area contributed by atoms with Crippen LogP contribution < -0.4 is 11.1 Å². The summed E-state index contributed by atoms with van der Waals surface area (Å²) in [6, 6.07) is 0.429. The number of likely N-dealkylation sites (tertiary alicyclic amines) is 1. The third kappa shape index (κ3) is 3.18. The van der Waals surface area contributed by atoms with Crippen molar-refractivity contribution in [3.05, 3.63) is 0 Å². The van der Waals surface area contributed by atoms with E-state index < -0.39 is 0 Å². The number of carbonyl (C=O) groups excluding carboxylic acids is 1. The monoisotopic (exact) mass is 211 g/mol. The van der Waals surface area contributed by atoms with Crippen molar-refractivity contribution in [3.63, 3.8) is 0 Å². The first kappa shape index (κ1) is 10.9. The van der Waals surface area contributed by atoms with E-state index >= 15 is 0 Å². The normalized spacial score (nSPS) is 29.1. The highest BCUT2D eigenvalue weighted by atomic mass is 16.1. The lowest BCUT2D eigenvalue weighted by atomic mass is 10.1. The van der Waals surface area contributed by atoms with Crippen LogP contribution in [0.3, 0.4) is 0 Å². The predicted octanol–water partition coefficient (Wildman–Crippen LogP) is -0.0659. The van der Waals surface area contributed by atoms with Crippen LogP contribution in [0, 0.1) is 5.92 Å². The number of hydrogen-bond donors (Lipinski definition) is 2. The first-order chi connectivity index (χ1) is 7.15. The van der Waals surface area contributed by atoms with Crippen molar-refractivity contribution >= 4 is 5.91 Å². The van der Waals surface area contributed by atoms with Crippen LogP contribution in [0.4, 0.5) is 0 Å². The fourth-order valence-electron chi connectivity index (χ4n) is 2.24. The van der Waals surface area contributed by atoms with Gasteiger partial charge in [0.2, 0.25) is 5.91 Å². The molecule has 15 heavy (non-hydrogen) atoms. The molecule has 0 bridgehead atoms. The summed E-state index contributed by atoms with van der Waals surface area (Å²) in [7, 11) is 2.09. The van der Waals surface area contributed by atoms with Crippen LogP contribution in [0.15, 0.2) is 0 Å². The molecule has 2 aliphatic rings. The van der Waals surface area contributed by atoms with Crippen molar-refractivity contribution in [1.29, 1.82) is 0 Å². The molecule has 2 rings (SSSR count). The first-order valence-corrected chi connectivity index (χ1v) is 5.88. The van der Waals surface area contributed by atoms with Gasteiger partial charge in [0.1, 0.15) is 0 Å². The largest absolute Gasteiger partial charge is 0.352 e. The van der Waals surface area contributed by atoms with E-state index in [4.69, 9.17) is 5.73 Å². The summed E-state index contributed by atoms with van der Waals surface area (Å²) in [5.41, 5.74) is 5.91. The van der Waals surface area contributed by atoms with E-state index in [2.05, 4.69) is 17.3 Å². The zero-order chi connectivity index (χ0) is 10.8. The Morgan fingerprint density at radius 1 is 1.53 bits per heavy atom. The number of rotatable bonds is 4. The Bertz CT molecular complexity index is 240. The van der Waals surface area contributed by atoms with E-state index in [9.17, 15) is 4.79 Å². The van der Waals surface area contributed by atoms with Gasteiger partial charge >= 0.3 is 0 Å². The van der Waals surface area contributed by atoms with Crippen LogP contribution >= 0.6 is 0 Å². The van der Waals surface area contributed by atoms with Crippen LogP contribution in [0.25, 0.3) is 0 Å². The van der Waals surface area contributed by atoms with E-state index in [1.165, 1.54) is 12.8 Å². The molecule has 1 aliphatic heterocycles. The maximum Gasteiger partial charge on any atom is 0.221 e. The Morgan fingerprint density at radius 3 is 2.80 bits per heavy atom. The van der Waals surface area contributed by atoms with Gasteiger partial charge in [0.15, 0.2) is 0 Å². The summed E-state index contributed by atoms with van der Waals surface area (Å²) in [5, 5.41) is 3.06. The number of nitrogens with zero attached hydrogens (tertiary/aromatic N) is 1. The smallest absolute Gasteiger partial charge is 0.221 e. The molecular formula is C11H21N3O. The number of nitrogens with one attached hydrogen (secondary N) is 1. The molecule has 2 atom stereocenters. The molecule has 0 aromatic rings. The van der Waals surface area contributed by atoms with E-state index in [-0.39, 0.29) is 11.9 Å². The predicted molar refractivity (Wildman–Crippen MR) is 59.4 cm³/mol. The standard InChI is InChI=1S/C11H21N3O/c1-14-5-4-9(7-14)13-11(15)6-10(12)8-2-3-8/h8-10H,2-7,12H2,1H3,(H,13,15). The molecule has 1 saturated carbocycles. The quantitative estimate of drug-likeness (QED) is 0.684. The molecule has 3 N–H and O–H groups in total. The van der Waals surface area contributed by atoms with Crippen molar-refractivity contribution < 1.29 is 4.79 Å². The lowest BCUT2D eigenvalue weighted by Crippen LogP contribution is -2.40. The zero-order valence-electron chi connectivity index (χ0n) is 9.41. The summed E-state index contributed by atoms with van der Waals surface area (Å²) in [4.78, 5) is 13.9. The molecule has 0 radical (unpaired) electrons. The van der Waals surface area contributed by atoms with E-state index in [0.717, 1.165) is 19.5 Å². The molecule has 1 heterocycles. The minimum Gasteiger partial charge on any atom is -0.352 e. The van der Waals surface area contributed by atoms with Crippen LogP contribution in [-0.4, -0.2) is 43.0 Å². The van der Waals surface area contributed by atoms with Crippen molar-refractivity contribution in [2.24, 2.45) is 11.7 Å². The molecular weight excluding hydrogens is 190 g/mol. The van der Waals surface area contributed by atoms with Gasteiger partial charge in [-0.2, -0.15) is 0 Å². The van der Waals surface area contributed by atoms with Gasteiger partial charge in [-0.05, 0) is 38.8 Å². The Morgan fingerprint density at radius 2 is 2.27 bits per heavy atom. The van der Waals surface area contributed by atoms with Crippen molar-refractivity contribution in [2.45, 2.75) is 37.8 Å². The van der Waals surface area contributed by atoms with Gasteiger partial charge in [-0.1, -0.05) is 0 Å². The lowest BCUT2D eigenvalue weighted by Gasteiger charge is -2.15. The Kier molecular flexibility index (Phi) is 3.26. The van der Waals surface area contributed by atoms with E-state index in [1.54, 1.807) is 0 Å². The number of hydrogen-bond acceptors (Lipinski definition) is 3. The first-order valence-electron chi connectivity index (χ1n) is 5.88. The molecule has 1 saturated heterocycles. The van der Waals surface area contributed by atoms with E-state index in [0.29, 0.717) is 18.4 Å². The highest BCUT2D eigenvalue weighted by molar-refractivity contribution is 5.77. The summed E-state index contributed by atoms with van der Waals surface area (Å²) < 4.78 is 0. The van der Waals surface area contributed by atoms with Crippen molar-refractivity contribution in [1.82, 2.24) is 10.2 Å². The minimum absolute atomic E-state index is 0.0872. The molecule has 0 aromatic carbocycles. The second-order valence-electron chi connectivity index (χ2n) is 5.02. The minimum atomic E-state index is 0.0872. The third-order valence-electron chi connectivity index (χ3n) is 3.41. The molecule has 4 heteroatoms. The maximum atomic E-state index is 11.6. The Balaban J connectivity index is 1.67. The van der Waals surface area contributed by atoms with Gasteiger partial charge in [-0.15, -0.1) is 0 Å². The van der Waals surface area contributed by atoms with Crippen LogP contribution in [0.5, 0.6) is 0 Å². The molecule has 0 aromatic heterocycles. The number of likely N-dealkylation sites (N-methyl/N-ethyl adjacent to an activating group) is 1. The lowest BCUT2D eigenvalue weighted by molar-refractivity contribution is -0.122. The molecule has 2 fully saturated rings. The van der Waals surface area contributed by atoms with Crippen molar-refractivity contribution in [2.75, 3.05) is 20.1 Å². The second kappa shape index (κ2) is 4.49. The van der Waals surface area contributed by atoms with E-state index in [1.807, 2.05) is 0 Å². The fourth-order valence-corrected chi connectivity index (χ4v) is 2.24. The van der Waals surface area contributed by atoms with Gasteiger partial charge in [0.05, 0.1) is 0 Å². The third-order valence-corrected chi connectivity index (χ3v) is 3.41. The van der Waals surface area contributed by atoms with Gasteiger partial charge in [-0.25, -0.2) is 0 Å². The summed E-state index contributed by atoms with van der Waals surface area (Å²) in [6.07, 6.45) is 3.99. The van der Waals surface area contributed by atoms with Crippen molar-refractivity contribution in [3.8, 4) is 0 Å². The topological polar surface area (TPSA) is 58.4 Å². The van der Waals surface area contributed by atoms with Crippen LogP contribution in [-0.2, 0) is 4.79 Å². The van der Waals surface area contributed by atoms with Gasteiger partial charge in [-0.3, -0.25) is 4.79 Å². The Hall–Kier alpha value is -0.610. The summed E-state index contributed by atoms with van der Waals surface area (Å²) in [5.74, 6) is 0.747. The number of nitrogens with two attached hydrogens (primary N) is 1. The molecule has 1 amide bonds. The average molecular weight is 211 g/mol. The summed E-state index contributed by atoms with van der Waals surface area (Å²) in [6.45, 7) is 2.06. The molecule has 0 spiro atoms. The maximum absolute atomic E-state index is 11.6. The SMILES string of the molecule is CN1CCC(NC(=O)CC(N)C2CC2)C1. The number of carbonyl (C=O) groups is 1. The van der Waals surface area contributed by atoms with Gasteiger partial charge in [0.25, 0.3) is 0 Å². The highest BCUT2D eigenvalue weighted by Crippen LogP contribution is 2.32. The Labute approximate surface area is 91.2 Å². The van der Waals surface area contributed by atoms with Crippen LogP contribution in [0.2, 0.25) is 0 Å². The molecule has 4 nitrogen and oxygen atoms in total. The fraction of sp³-hybridized carbons (Fsp3) is 0.909. The molecule has 86 valence electrons. The average Bonchev–Trinajstić information content (AvgIpc) is 2.92. The zero-order valence-corrected chi connectivity index (χ0v) is 9.41. The highest BCUT2D eigenvalue weighted by Gasteiger charge is 2.30. The second-order valence-corrected chi connectivity index (χ2v) is 5.02. The van der Waals surface area contributed by atoms with Crippen LogP contribution in [0.1, 0.15) is 25.7 Å². The number of amides is 1. The molecule has 1 aliphatic carbocycles.